The Morgan fingerprint density at radius 2 is 1.19 bits per heavy atom. The molecule has 0 aliphatic rings. The number of hydrogen-bond acceptors (Lipinski definition) is 7. The highest BCUT2D eigenvalue weighted by atomic mass is 19.4. The second-order valence-electron chi connectivity index (χ2n) is 13.7. The Labute approximate surface area is 312 Å². The Bertz CT molecular complexity index is 1710. The van der Waals surface area contributed by atoms with E-state index in [1.807, 2.05) is 25.1 Å². The molecule has 10 heteroatoms. The summed E-state index contributed by atoms with van der Waals surface area (Å²) in [5, 5.41) is 10.9. The number of ether oxygens (including phenoxy) is 2. The predicted molar refractivity (Wildman–Crippen MR) is 204 cm³/mol. The van der Waals surface area contributed by atoms with E-state index in [9.17, 15) is 23.1 Å². The molecule has 3 aromatic carbocycles. The van der Waals surface area contributed by atoms with Crippen LogP contribution in [0.5, 0.6) is 11.5 Å². The van der Waals surface area contributed by atoms with E-state index < -0.39 is 17.7 Å². The van der Waals surface area contributed by atoms with Gasteiger partial charge in [-0.25, -0.2) is 19.7 Å². The fourth-order valence-corrected chi connectivity index (χ4v) is 6.18. The number of phenols is 1. The van der Waals surface area contributed by atoms with Gasteiger partial charge in [-0.1, -0.05) is 139 Å². The van der Waals surface area contributed by atoms with Crippen molar-refractivity contribution in [3.63, 3.8) is 0 Å². The third-order valence-electron chi connectivity index (χ3n) is 9.19. The summed E-state index contributed by atoms with van der Waals surface area (Å²) in [5.41, 5.74) is 1.11. The quantitative estimate of drug-likeness (QED) is 0.0599. The molecule has 0 bridgehead atoms. The van der Waals surface area contributed by atoms with Crippen LogP contribution in [0.15, 0.2) is 66.7 Å². The van der Waals surface area contributed by atoms with Crippen molar-refractivity contribution >= 4 is 5.97 Å². The number of unbranched alkanes of at least 4 members (excludes halogenated alkanes) is 15. The molecular weight excluding hydrogens is 679 g/mol. The molecule has 53 heavy (non-hydrogen) atoms. The van der Waals surface area contributed by atoms with Crippen molar-refractivity contribution in [2.75, 3.05) is 13.2 Å². The van der Waals surface area contributed by atoms with Crippen LogP contribution in [0.25, 0.3) is 34.2 Å². The predicted octanol–water partition coefficient (Wildman–Crippen LogP) is 12.1. The fraction of sp³-hybridized carbons (Fsp3) is 0.488. The number of carbonyl (C=O) groups is 1. The molecular formula is C43H54F3N3O4. The van der Waals surface area contributed by atoms with Gasteiger partial charge in [0.05, 0.1) is 17.7 Å². The molecule has 0 unspecified atom stereocenters. The summed E-state index contributed by atoms with van der Waals surface area (Å²) in [6.07, 6.45) is 15.8. The van der Waals surface area contributed by atoms with Crippen molar-refractivity contribution in [1.29, 1.82) is 0 Å². The monoisotopic (exact) mass is 733 g/mol. The Morgan fingerprint density at radius 1 is 0.660 bits per heavy atom. The largest absolute Gasteiger partial charge is 0.507 e. The van der Waals surface area contributed by atoms with Gasteiger partial charge in [0, 0.05) is 17.2 Å². The molecule has 0 saturated heterocycles. The Balaban J connectivity index is 1.22. The summed E-state index contributed by atoms with van der Waals surface area (Å²) in [5.74, 6) is -0.189. The summed E-state index contributed by atoms with van der Waals surface area (Å²) in [6.45, 7) is 4.18. The van der Waals surface area contributed by atoms with Crippen LogP contribution in [-0.4, -0.2) is 39.2 Å². The summed E-state index contributed by atoms with van der Waals surface area (Å²) >= 11 is 0. The summed E-state index contributed by atoms with van der Waals surface area (Å²) < 4.78 is 51.4. The molecule has 7 nitrogen and oxygen atoms in total. The third kappa shape index (κ3) is 14.5. The molecule has 0 radical (unpaired) electrons. The highest BCUT2D eigenvalue weighted by molar-refractivity contribution is 5.72. The highest BCUT2D eigenvalue weighted by Crippen LogP contribution is 2.35. The summed E-state index contributed by atoms with van der Waals surface area (Å²) in [4.78, 5) is 25.8. The number of aromatic nitrogens is 3. The Kier molecular flexibility index (Phi) is 17.1. The zero-order chi connectivity index (χ0) is 37.9. The number of esters is 1. The lowest BCUT2D eigenvalue weighted by atomic mass is 10.0. The SMILES string of the molecule is CCCCCCCCCCCCCCCCCCOC(=O)COc1ccc(-c2nc(-c3cccc(C)c3)nc(-c3cccc(C(F)(F)F)c3)n2)c(O)c1. The van der Waals surface area contributed by atoms with E-state index in [1.165, 1.54) is 108 Å². The first-order chi connectivity index (χ1) is 25.6. The molecule has 0 aliphatic heterocycles. The van der Waals surface area contributed by atoms with Gasteiger partial charge in [0.2, 0.25) is 0 Å². The maximum absolute atomic E-state index is 13.5. The first-order valence-corrected chi connectivity index (χ1v) is 19.3. The highest BCUT2D eigenvalue weighted by Gasteiger charge is 2.31. The standard InChI is InChI=1S/C43H54F3N3O4/c1-3-4-5-6-7-8-9-10-11-12-13-14-15-16-17-18-27-52-39(51)31-53-36-25-26-37(38(50)30-36)42-48-40(33-22-19-21-32(2)28-33)47-41(49-42)34-23-20-24-35(29-34)43(44,45)46/h19-26,28-30,50H,3-18,27,31H2,1-2H3. The number of rotatable bonds is 23. The van der Waals surface area contributed by atoms with Crippen LogP contribution in [-0.2, 0) is 15.7 Å². The van der Waals surface area contributed by atoms with Crippen molar-refractivity contribution in [3.8, 4) is 45.7 Å². The molecule has 4 aromatic rings. The van der Waals surface area contributed by atoms with Gasteiger partial charge < -0.3 is 14.6 Å². The zero-order valence-electron chi connectivity index (χ0n) is 31.2. The van der Waals surface area contributed by atoms with Crippen LogP contribution >= 0.6 is 0 Å². The maximum atomic E-state index is 13.5. The van der Waals surface area contributed by atoms with Gasteiger partial charge in [-0.3, -0.25) is 0 Å². The van der Waals surface area contributed by atoms with Crippen LogP contribution in [0.4, 0.5) is 13.2 Å². The molecule has 0 aliphatic carbocycles. The van der Waals surface area contributed by atoms with Crippen molar-refractivity contribution in [2.24, 2.45) is 0 Å². The van der Waals surface area contributed by atoms with Gasteiger partial charge >= 0.3 is 12.1 Å². The van der Waals surface area contributed by atoms with Gasteiger partial charge in [0.15, 0.2) is 24.1 Å². The average Bonchev–Trinajstić information content (AvgIpc) is 3.15. The summed E-state index contributed by atoms with van der Waals surface area (Å²) in [6, 6.07) is 16.5. The van der Waals surface area contributed by atoms with E-state index in [1.54, 1.807) is 12.1 Å². The van der Waals surface area contributed by atoms with Crippen LogP contribution < -0.4 is 4.74 Å². The number of nitrogens with zero attached hydrogens (tertiary/aromatic N) is 3. The lowest BCUT2D eigenvalue weighted by molar-refractivity contribution is -0.146. The average molecular weight is 734 g/mol. The lowest BCUT2D eigenvalue weighted by Gasteiger charge is -2.12. The number of alkyl halides is 3. The van der Waals surface area contributed by atoms with Crippen molar-refractivity contribution in [3.05, 3.63) is 77.9 Å². The van der Waals surface area contributed by atoms with Gasteiger partial charge in [-0.15, -0.1) is 0 Å². The number of benzene rings is 3. The minimum atomic E-state index is -4.54. The molecule has 1 heterocycles. The van der Waals surface area contributed by atoms with Crippen LogP contribution in [0.3, 0.4) is 0 Å². The normalized spacial score (nSPS) is 11.5. The van der Waals surface area contributed by atoms with E-state index in [-0.39, 0.29) is 46.7 Å². The molecule has 4 rings (SSSR count). The van der Waals surface area contributed by atoms with Crippen molar-refractivity contribution in [2.45, 2.75) is 123 Å². The molecule has 0 saturated carbocycles. The third-order valence-corrected chi connectivity index (χ3v) is 9.19. The fourth-order valence-electron chi connectivity index (χ4n) is 6.18. The zero-order valence-corrected chi connectivity index (χ0v) is 31.2. The van der Waals surface area contributed by atoms with E-state index in [0.29, 0.717) is 12.2 Å². The maximum Gasteiger partial charge on any atom is 0.416 e. The number of aromatic hydroxyl groups is 1. The van der Waals surface area contributed by atoms with E-state index >= 15 is 0 Å². The van der Waals surface area contributed by atoms with Crippen molar-refractivity contribution in [1.82, 2.24) is 15.0 Å². The smallest absolute Gasteiger partial charge is 0.416 e. The van der Waals surface area contributed by atoms with Gasteiger partial charge in [-0.05, 0) is 43.7 Å². The number of carbonyl (C=O) groups excluding carboxylic acids is 1. The Morgan fingerprint density at radius 3 is 1.74 bits per heavy atom. The molecule has 0 atom stereocenters. The van der Waals surface area contributed by atoms with E-state index in [2.05, 4.69) is 21.9 Å². The summed E-state index contributed by atoms with van der Waals surface area (Å²) in [7, 11) is 0. The van der Waals surface area contributed by atoms with Gasteiger partial charge in [0.1, 0.15) is 11.5 Å². The minimum Gasteiger partial charge on any atom is -0.507 e. The molecule has 1 aromatic heterocycles. The number of aryl methyl sites for hydroxylation is 1. The number of halogens is 3. The van der Waals surface area contributed by atoms with E-state index in [0.717, 1.165) is 37.0 Å². The molecule has 0 fully saturated rings. The number of phenolic OH excluding ortho intramolecular Hbond substituents is 1. The molecule has 1 N–H and O–H groups in total. The first-order valence-electron chi connectivity index (χ1n) is 19.3. The molecule has 0 amide bonds. The number of hydrogen-bond donors (Lipinski definition) is 1. The lowest BCUT2D eigenvalue weighted by Crippen LogP contribution is -2.15. The Hall–Kier alpha value is -4.47. The van der Waals surface area contributed by atoms with Crippen LogP contribution in [0.2, 0.25) is 0 Å². The van der Waals surface area contributed by atoms with Crippen molar-refractivity contribution < 1.29 is 32.5 Å². The minimum absolute atomic E-state index is 0.0180. The van der Waals surface area contributed by atoms with E-state index in [4.69, 9.17) is 9.47 Å². The van der Waals surface area contributed by atoms with Gasteiger partial charge in [-0.2, -0.15) is 13.2 Å². The second-order valence-corrected chi connectivity index (χ2v) is 13.7. The first kappa shape index (κ1) is 41.3. The molecule has 0 spiro atoms. The van der Waals surface area contributed by atoms with Crippen LogP contribution in [0.1, 0.15) is 121 Å². The molecule has 286 valence electrons. The second kappa shape index (κ2) is 21.9. The van der Waals surface area contributed by atoms with Crippen LogP contribution in [0, 0.1) is 6.92 Å². The topological polar surface area (TPSA) is 94.4 Å². The van der Waals surface area contributed by atoms with Gasteiger partial charge in [0.25, 0.3) is 0 Å².